The third kappa shape index (κ3) is 3.20. The number of rotatable bonds is 2. The first-order chi connectivity index (χ1) is 8.31. The summed E-state index contributed by atoms with van der Waals surface area (Å²) < 4.78 is 0. The van der Waals surface area contributed by atoms with Gasteiger partial charge in [0.2, 0.25) is 0 Å². The van der Waals surface area contributed by atoms with Gasteiger partial charge >= 0.3 is 0 Å². The summed E-state index contributed by atoms with van der Waals surface area (Å²) in [6.07, 6.45) is 4.29. The van der Waals surface area contributed by atoms with Gasteiger partial charge in [-0.15, -0.1) is 0 Å². The van der Waals surface area contributed by atoms with Gasteiger partial charge < -0.3 is 5.11 Å². The van der Waals surface area contributed by atoms with Crippen LogP contribution in [-0.4, -0.2) is 10.7 Å². The molecule has 18 heavy (non-hydrogen) atoms. The van der Waals surface area contributed by atoms with E-state index in [1.54, 1.807) is 0 Å². The molecule has 1 N–H and O–H groups in total. The minimum absolute atomic E-state index is 0.344. The fraction of sp³-hybridized carbons (Fsp3) is 0.600. The predicted octanol–water partition coefficient (Wildman–Crippen LogP) is 4.87. The second-order valence-electron chi connectivity index (χ2n) is 6.27. The lowest BCUT2D eigenvalue weighted by Gasteiger charge is -2.40. The quantitative estimate of drug-likeness (QED) is 0.823. The molecule has 0 saturated heterocycles. The highest BCUT2D eigenvalue weighted by molar-refractivity contribution is 6.36. The van der Waals surface area contributed by atoms with Crippen molar-refractivity contribution in [3.8, 4) is 0 Å². The molecule has 100 valence electrons. The zero-order valence-electron chi connectivity index (χ0n) is 11.0. The summed E-state index contributed by atoms with van der Waals surface area (Å²) in [5.74, 6) is 0. The Labute approximate surface area is 119 Å². The Kier molecular flexibility index (Phi) is 3.96. The van der Waals surface area contributed by atoms with E-state index < -0.39 is 5.60 Å². The predicted molar refractivity (Wildman–Crippen MR) is 77.4 cm³/mol. The molecule has 2 rings (SSSR count). The van der Waals surface area contributed by atoms with Gasteiger partial charge in [-0.25, -0.2) is 0 Å². The summed E-state index contributed by atoms with van der Waals surface area (Å²) >= 11 is 12.3. The largest absolute Gasteiger partial charge is 0.390 e. The third-order valence-corrected chi connectivity index (χ3v) is 4.81. The van der Waals surface area contributed by atoms with E-state index in [9.17, 15) is 5.11 Å². The highest BCUT2D eigenvalue weighted by Gasteiger charge is 2.37. The summed E-state index contributed by atoms with van der Waals surface area (Å²) in [5.41, 5.74) is 0.573. The Hall–Kier alpha value is -0.240. The molecule has 0 aliphatic heterocycles. The van der Waals surface area contributed by atoms with Gasteiger partial charge in [-0.2, -0.15) is 0 Å². The van der Waals surface area contributed by atoms with E-state index in [0.717, 1.165) is 31.2 Å². The Bertz CT molecular complexity index is 410. The normalized spacial score (nSPS) is 21.8. The van der Waals surface area contributed by atoms with Gasteiger partial charge in [-0.05, 0) is 48.8 Å². The Morgan fingerprint density at radius 1 is 1.06 bits per heavy atom. The van der Waals surface area contributed by atoms with Crippen LogP contribution in [0.1, 0.15) is 45.1 Å². The fourth-order valence-corrected chi connectivity index (χ4v) is 3.13. The van der Waals surface area contributed by atoms with Crippen LogP contribution in [0.3, 0.4) is 0 Å². The molecule has 1 aliphatic rings. The topological polar surface area (TPSA) is 20.2 Å². The number of benzene rings is 1. The van der Waals surface area contributed by atoms with Crippen LogP contribution in [0, 0.1) is 5.41 Å². The van der Waals surface area contributed by atoms with Crippen molar-refractivity contribution in [2.24, 2.45) is 5.41 Å². The van der Waals surface area contributed by atoms with Crippen molar-refractivity contribution < 1.29 is 5.11 Å². The second-order valence-corrected chi connectivity index (χ2v) is 7.08. The molecule has 0 aromatic heterocycles. The fourth-order valence-electron chi connectivity index (χ4n) is 2.60. The van der Waals surface area contributed by atoms with E-state index in [1.807, 2.05) is 18.2 Å². The van der Waals surface area contributed by atoms with Crippen LogP contribution in [0.25, 0.3) is 0 Å². The maximum atomic E-state index is 10.7. The van der Waals surface area contributed by atoms with E-state index >= 15 is 0 Å². The zero-order chi connectivity index (χ0) is 13.4. The maximum Gasteiger partial charge on any atom is 0.0689 e. The minimum atomic E-state index is -0.649. The smallest absolute Gasteiger partial charge is 0.0689 e. The van der Waals surface area contributed by atoms with Crippen molar-refractivity contribution >= 4 is 23.2 Å². The first-order valence-corrected chi connectivity index (χ1v) is 7.22. The molecule has 1 aromatic carbocycles. The first-order valence-electron chi connectivity index (χ1n) is 6.47. The van der Waals surface area contributed by atoms with Crippen molar-refractivity contribution in [1.29, 1.82) is 0 Å². The van der Waals surface area contributed by atoms with E-state index in [4.69, 9.17) is 23.2 Å². The SMILES string of the molecule is CC1(C)CCC(O)(Cc2c(Cl)cccc2Cl)CC1. The lowest BCUT2D eigenvalue weighted by molar-refractivity contribution is -0.0251. The van der Waals surface area contributed by atoms with Crippen LogP contribution < -0.4 is 0 Å². The molecule has 3 heteroatoms. The minimum Gasteiger partial charge on any atom is -0.390 e. The van der Waals surface area contributed by atoms with E-state index in [0.29, 0.717) is 21.9 Å². The number of hydrogen-bond donors (Lipinski definition) is 1. The van der Waals surface area contributed by atoms with Crippen molar-refractivity contribution in [2.45, 2.75) is 51.6 Å². The molecule has 1 aliphatic carbocycles. The average molecular weight is 287 g/mol. The summed E-state index contributed by atoms with van der Waals surface area (Å²) in [6.45, 7) is 4.52. The molecular formula is C15H20Cl2O. The highest BCUT2D eigenvalue weighted by Crippen LogP contribution is 2.42. The zero-order valence-corrected chi connectivity index (χ0v) is 12.5. The van der Waals surface area contributed by atoms with Gasteiger partial charge in [-0.3, -0.25) is 0 Å². The maximum absolute atomic E-state index is 10.7. The van der Waals surface area contributed by atoms with Crippen molar-refractivity contribution in [3.63, 3.8) is 0 Å². The van der Waals surface area contributed by atoms with Crippen LogP contribution in [-0.2, 0) is 6.42 Å². The first kappa shape index (κ1) is 14.2. The summed E-state index contributed by atoms with van der Waals surface area (Å²) in [7, 11) is 0. The van der Waals surface area contributed by atoms with Crippen molar-refractivity contribution in [3.05, 3.63) is 33.8 Å². The van der Waals surface area contributed by atoms with E-state index in [1.165, 1.54) is 0 Å². The van der Waals surface area contributed by atoms with E-state index in [2.05, 4.69) is 13.8 Å². The van der Waals surface area contributed by atoms with Gasteiger partial charge in [0, 0.05) is 16.5 Å². The van der Waals surface area contributed by atoms with Gasteiger partial charge in [0.25, 0.3) is 0 Å². The molecule has 1 fully saturated rings. The molecule has 0 radical (unpaired) electrons. The Morgan fingerprint density at radius 2 is 1.56 bits per heavy atom. The summed E-state index contributed by atoms with van der Waals surface area (Å²) in [4.78, 5) is 0. The van der Waals surface area contributed by atoms with Gasteiger partial charge in [0.1, 0.15) is 0 Å². The van der Waals surface area contributed by atoms with E-state index in [-0.39, 0.29) is 0 Å². The van der Waals surface area contributed by atoms with Gasteiger partial charge in [0.05, 0.1) is 5.60 Å². The van der Waals surface area contributed by atoms with Gasteiger partial charge in [-0.1, -0.05) is 43.1 Å². The van der Waals surface area contributed by atoms with Crippen molar-refractivity contribution in [1.82, 2.24) is 0 Å². The number of halogens is 2. The van der Waals surface area contributed by atoms with Crippen molar-refractivity contribution in [2.75, 3.05) is 0 Å². The summed E-state index contributed by atoms with van der Waals surface area (Å²) in [6, 6.07) is 5.50. The molecule has 1 aromatic rings. The highest BCUT2D eigenvalue weighted by atomic mass is 35.5. The molecule has 0 bridgehead atoms. The second kappa shape index (κ2) is 5.03. The molecular weight excluding hydrogens is 267 g/mol. The molecule has 0 unspecified atom stereocenters. The Morgan fingerprint density at radius 3 is 2.06 bits per heavy atom. The monoisotopic (exact) mass is 286 g/mol. The summed E-state index contributed by atoms with van der Waals surface area (Å²) in [5, 5.41) is 12.0. The molecule has 1 nitrogen and oxygen atoms in total. The van der Waals surface area contributed by atoms with Gasteiger partial charge in [0.15, 0.2) is 0 Å². The number of hydrogen-bond acceptors (Lipinski definition) is 1. The molecule has 0 atom stereocenters. The molecule has 0 spiro atoms. The van der Waals surface area contributed by atoms with Crippen LogP contribution in [0.15, 0.2) is 18.2 Å². The standard InChI is InChI=1S/C15H20Cl2O/c1-14(2)6-8-15(18,9-7-14)10-11-12(16)4-3-5-13(11)17/h3-5,18H,6-10H2,1-2H3. The van der Waals surface area contributed by atoms with Crippen LogP contribution in [0.5, 0.6) is 0 Å². The Balaban J connectivity index is 2.14. The van der Waals surface area contributed by atoms with Crippen LogP contribution >= 0.6 is 23.2 Å². The third-order valence-electron chi connectivity index (χ3n) is 4.10. The molecule has 0 heterocycles. The molecule has 0 amide bonds. The van der Waals surface area contributed by atoms with Crippen LogP contribution in [0.4, 0.5) is 0 Å². The average Bonchev–Trinajstić information content (AvgIpc) is 2.29. The van der Waals surface area contributed by atoms with Crippen LogP contribution in [0.2, 0.25) is 10.0 Å². The lowest BCUT2D eigenvalue weighted by Crippen LogP contribution is -2.38. The molecule has 1 saturated carbocycles. The lowest BCUT2D eigenvalue weighted by atomic mass is 9.69. The number of aliphatic hydroxyl groups is 1.